The predicted molar refractivity (Wildman–Crippen MR) is 105 cm³/mol. The van der Waals surface area contributed by atoms with E-state index >= 15 is 0 Å². The van der Waals surface area contributed by atoms with Gasteiger partial charge >= 0.3 is 0 Å². The van der Waals surface area contributed by atoms with Crippen LogP contribution in [0.4, 0.5) is 8.78 Å². The van der Waals surface area contributed by atoms with E-state index < -0.39 is 17.7 Å². The average Bonchev–Trinajstić information content (AvgIpc) is 3.09. The van der Waals surface area contributed by atoms with E-state index in [1.54, 1.807) is 22.9 Å². The second-order valence-corrected chi connectivity index (χ2v) is 7.23. The van der Waals surface area contributed by atoms with Gasteiger partial charge in [-0.1, -0.05) is 47.8 Å². The van der Waals surface area contributed by atoms with Crippen molar-refractivity contribution in [1.82, 2.24) is 15.0 Å². The number of rotatable bonds is 8. The Kier molecular flexibility index (Phi) is 6.86. The van der Waals surface area contributed by atoms with Crippen LogP contribution in [-0.2, 0) is 13.0 Å². The molecule has 0 bridgehead atoms. The van der Waals surface area contributed by atoms with E-state index in [-0.39, 0.29) is 12.3 Å². The molecule has 0 fully saturated rings. The second-order valence-electron chi connectivity index (χ2n) is 6.38. The van der Waals surface area contributed by atoms with Crippen LogP contribution in [0.3, 0.4) is 0 Å². The molecule has 0 amide bonds. The van der Waals surface area contributed by atoms with Crippen LogP contribution in [0, 0.1) is 11.6 Å². The molecular formula is C20H19Cl2F2N3O. The standard InChI is InChI=1S/C20H19Cl2F2N3O/c1-2-3-4-15-11-27(26-25-15)12-20(16-7-5-13(21)9-17(16)22)28-19-8-6-14(23)10-18(19)24/h5-11,20H,2-4,12H2,1H3. The molecule has 8 heteroatoms. The van der Waals surface area contributed by atoms with E-state index in [0.29, 0.717) is 15.6 Å². The van der Waals surface area contributed by atoms with Crippen LogP contribution in [0.25, 0.3) is 0 Å². The third-order valence-corrected chi connectivity index (χ3v) is 4.76. The Morgan fingerprint density at radius 3 is 2.68 bits per heavy atom. The van der Waals surface area contributed by atoms with Gasteiger partial charge in [0.25, 0.3) is 0 Å². The van der Waals surface area contributed by atoms with Crippen molar-refractivity contribution in [3.8, 4) is 5.75 Å². The minimum Gasteiger partial charge on any atom is -0.481 e. The van der Waals surface area contributed by atoms with Gasteiger partial charge in [0.15, 0.2) is 11.6 Å². The zero-order valence-electron chi connectivity index (χ0n) is 15.2. The molecule has 3 rings (SSSR count). The van der Waals surface area contributed by atoms with Gasteiger partial charge in [-0.25, -0.2) is 13.5 Å². The summed E-state index contributed by atoms with van der Waals surface area (Å²) in [5, 5.41) is 9.13. The zero-order valence-corrected chi connectivity index (χ0v) is 16.7. The van der Waals surface area contributed by atoms with Crippen molar-refractivity contribution in [3.05, 3.63) is 75.5 Å². The lowest BCUT2D eigenvalue weighted by atomic mass is 10.1. The first-order chi connectivity index (χ1) is 13.5. The topological polar surface area (TPSA) is 39.9 Å². The molecule has 2 aromatic carbocycles. The quantitative estimate of drug-likeness (QED) is 0.442. The number of unbranched alkanes of at least 4 members (excludes halogenated alkanes) is 1. The number of halogens is 4. The fourth-order valence-corrected chi connectivity index (χ4v) is 3.29. The molecule has 28 heavy (non-hydrogen) atoms. The Hall–Kier alpha value is -2.18. The van der Waals surface area contributed by atoms with Gasteiger partial charge in [-0.3, -0.25) is 0 Å². The van der Waals surface area contributed by atoms with E-state index in [4.69, 9.17) is 27.9 Å². The lowest BCUT2D eigenvalue weighted by molar-refractivity contribution is 0.169. The van der Waals surface area contributed by atoms with Crippen molar-refractivity contribution in [2.45, 2.75) is 38.8 Å². The molecule has 0 radical (unpaired) electrons. The van der Waals surface area contributed by atoms with E-state index in [1.165, 1.54) is 6.07 Å². The van der Waals surface area contributed by atoms with Crippen LogP contribution in [0.5, 0.6) is 5.75 Å². The largest absolute Gasteiger partial charge is 0.481 e. The monoisotopic (exact) mass is 425 g/mol. The minimum atomic E-state index is -0.794. The normalized spacial score (nSPS) is 12.2. The molecule has 1 atom stereocenters. The Morgan fingerprint density at radius 1 is 1.14 bits per heavy atom. The lowest BCUT2D eigenvalue weighted by Crippen LogP contribution is -2.17. The summed E-state index contributed by atoms with van der Waals surface area (Å²) in [6.07, 6.45) is 4.06. The van der Waals surface area contributed by atoms with E-state index in [9.17, 15) is 8.78 Å². The highest BCUT2D eigenvalue weighted by atomic mass is 35.5. The van der Waals surface area contributed by atoms with Crippen LogP contribution in [0.1, 0.15) is 37.1 Å². The molecule has 148 valence electrons. The van der Waals surface area contributed by atoms with Crippen LogP contribution in [-0.4, -0.2) is 15.0 Å². The van der Waals surface area contributed by atoms with Gasteiger partial charge in [-0.05, 0) is 37.1 Å². The Morgan fingerprint density at radius 2 is 1.96 bits per heavy atom. The van der Waals surface area contributed by atoms with Crippen molar-refractivity contribution in [2.24, 2.45) is 0 Å². The maximum Gasteiger partial charge on any atom is 0.168 e. The van der Waals surface area contributed by atoms with Gasteiger partial charge in [0.1, 0.15) is 11.9 Å². The maximum atomic E-state index is 14.1. The molecule has 4 nitrogen and oxygen atoms in total. The molecule has 1 aromatic heterocycles. The molecule has 0 spiro atoms. The first kappa shape index (κ1) is 20.6. The summed E-state index contributed by atoms with van der Waals surface area (Å²) >= 11 is 12.3. The minimum absolute atomic E-state index is 0.0799. The average molecular weight is 426 g/mol. The Labute approximate surface area is 172 Å². The van der Waals surface area contributed by atoms with Crippen molar-refractivity contribution < 1.29 is 13.5 Å². The number of nitrogens with zero attached hydrogens (tertiary/aromatic N) is 3. The van der Waals surface area contributed by atoms with Crippen molar-refractivity contribution in [1.29, 1.82) is 0 Å². The van der Waals surface area contributed by atoms with Gasteiger partial charge < -0.3 is 4.74 Å². The molecule has 0 aliphatic heterocycles. The Balaban J connectivity index is 1.88. The fourth-order valence-electron chi connectivity index (χ4n) is 2.76. The second kappa shape index (κ2) is 9.34. The van der Waals surface area contributed by atoms with Crippen LogP contribution >= 0.6 is 23.2 Å². The van der Waals surface area contributed by atoms with Gasteiger partial charge in [0.2, 0.25) is 0 Å². The third kappa shape index (κ3) is 5.20. The lowest BCUT2D eigenvalue weighted by Gasteiger charge is -2.21. The van der Waals surface area contributed by atoms with Crippen LogP contribution < -0.4 is 4.74 Å². The van der Waals surface area contributed by atoms with Crippen LogP contribution in [0.2, 0.25) is 10.0 Å². The SMILES string of the molecule is CCCCc1cn(CC(Oc2ccc(F)cc2F)c2ccc(Cl)cc2Cl)nn1. The smallest absolute Gasteiger partial charge is 0.168 e. The van der Waals surface area contributed by atoms with E-state index in [1.807, 2.05) is 6.20 Å². The fraction of sp³-hybridized carbons (Fsp3) is 0.300. The van der Waals surface area contributed by atoms with Gasteiger partial charge in [0, 0.05) is 27.9 Å². The van der Waals surface area contributed by atoms with Crippen molar-refractivity contribution in [2.75, 3.05) is 0 Å². The van der Waals surface area contributed by atoms with Gasteiger partial charge in [0.05, 0.1) is 12.2 Å². The summed E-state index contributed by atoms with van der Waals surface area (Å²) in [4.78, 5) is 0. The molecular weight excluding hydrogens is 407 g/mol. The molecule has 1 heterocycles. The molecule has 0 aliphatic carbocycles. The number of aromatic nitrogens is 3. The predicted octanol–water partition coefficient (Wildman–Crippen LogP) is 6.03. The number of aryl methyl sites for hydroxylation is 1. The highest BCUT2D eigenvalue weighted by Crippen LogP contribution is 2.32. The van der Waals surface area contributed by atoms with Crippen LogP contribution in [0.15, 0.2) is 42.6 Å². The third-order valence-electron chi connectivity index (χ3n) is 4.20. The number of hydrogen-bond acceptors (Lipinski definition) is 3. The summed E-state index contributed by atoms with van der Waals surface area (Å²) in [6, 6.07) is 8.13. The Bertz CT molecular complexity index is 949. The summed E-state index contributed by atoms with van der Waals surface area (Å²) in [7, 11) is 0. The number of ether oxygens (including phenoxy) is 1. The molecule has 3 aromatic rings. The molecule has 0 N–H and O–H groups in total. The molecule has 0 saturated heterocycles. The van der Waals surface area contributed by atoms with Crippen molar-refractivity contribution in [3.63, 3.8) is 0 Å². The maximum absolute atomic E-state index is 14.1. The summed E-state index contributed by atoms with van der Waals surface area (Å²) in [6.45, 7) is 2.35. The molecule has 1 unspecified atom stereocenters. The first-order valence-electron chi connectivity index (χ1n) is 8.92. The van der Waals surface area contributed by atoms with Gasteiger partial charge in [-0.15, -0.1) is 5.10 Å². The van der Waals surface area contributed by atoms with E-state index in [2.05, 4.69) is 17.2 Å². The van der Waals surface area contributed by atoms with E-state index in [0.717, 1.165) is 37.1 Å². The number of benzene rings is 2. The zero-order chi connectivity index (χ0) is 20.1. The summed E-state index contributed by atoms with van der Waals surface area (Å²) in [5.74, 6) is -1.55. The van der Waals surface area contributed by atoms with Crippen molar-refractivity contribution >= 4 is 23.2 Å². The number of hydrogen-bond donors (Lipinski definition) is 0. The molecule has 0 aliphatic rings. The summed E-state index contributed by atoms with van der Waals surface area (Å²) < 4.78 is 34.8. The summed E-state index contributed by atoms with van der Waals surface area (Å²) in [5.41, 5.74) is 1.48. The molecule has 0 saturated carbocycles. The first-order valence-corrected chi connectivity index (χ1v) is 9.67. The van der Waals surface area contributed by atoms with Gasteiger partial charge in [-0.2, -0.15) is 0 Å². The highest BCUT2D eigenvalue weighted by Gasteiger charge is 2.21. The highest BCUT2D eigenvalue weighted by molar-refractivity contribution is 6.35.